The highest BCUT2D eigenvalue weighted by atomic mass is 79.9. The van der Waals surface area contributed by atoms with Crippen LogP contribution in [0.1, 0.15) is 16.1 Å². The van der Waals surface area contributed by atoms with E-state index in [1.807, 2.05) is 24.3 Å². The summed E-state index contributed by atoms with van der Waals surface area (Å²) >= 11 is 3.37. The molecule has 1 aromatic carbocycles. The highest BCUT2D eigenvalue weighted by Crippen LogP contribution is 2.28. The van der Waals surface area contributed by atoms with Crippen LogP contribution in [0.15, 0.2) is 62.1 Å². The Balaban J connectivity index is 1.80. The van der Waals surface area contributed by atoms with Gasteiger partial charge in [0.25, 0.3) is 11.6 Å². The van der Waals surface area contributed by atoms with Crippen LogP contribution in [0.25, 0.3) is 22.6 Å². The molecular weight excluding hydrogens is 386 g/mol. The molecule has 0 spiro atoms. The lowest BCUT2D eigenvalue weighted by Gasteiger charge is -2.07. The fourth-order valence-electron chi connectivity index (χ4n) is 2.56. The van der Waals surface area contributed by atoms with Gasteiger partial charge in [0, 0.05) is 10.2 Å². The van der Waals surface area contributed by atoms with Gasteiger partial charge in [-0.25, -0.2) is 4.98 Å². The standard InChI is InChI=1S/C18H12BrN3O3/c1-10-16-13(17(23)20-12-6-4-11(19)5-7-12)9-14(15-3-2-8-24-15)21-18(16)25-22-10/h2-9H,1H3,(H,20,23). The first-order chi connectivity index (χ1) is 12.1. The highest BCUT2D eigenvalue weighted by Gasteiger charge is 2.20. The number of hydrogen-bond acceptors (Lipinski definition) is 5. The van der Waals surface area contributed by atoms with Gasteiger partial charge >= 0.3 is 0 Å². The molecular formula is C18H12BrN3O3. The van der Waals surface area contributed by atoms with Crippen LogP contribution in [0.4, 0.5) is 5.69 Å². The predicted octanol–water partition coefficient (Wildman–Crippen LogP) is 4.81. The Bertz CT molecular complexity index is 1050. The number of rotatable bonds is 3. The van der Waals surface area contributed by atoms with Gasteiger partial charge in [-0.05, 0) is 49.4 Å². The number of furan rings is 1. The zero-order valence-corrected chi connectivity index (χ0v) is 14.7. The second-order valence-electron chi connectivity index (χ2n) is 5.44. The zero-order valence-electron chi connectivity index (χ0n) is 13.1. The number of benzene rings is 1. The van der Waals surface area contributed by atoms with Crippen molar-refractivity contribution in [2.75, 3.05) is 5.32 Å². The largest absolute Gasteiger partial charge is 0.463 e. The average molecular weight is 398 g/mol. The van der Waals surface area contributed by atoms with E-state index < -0.39 is 0 Å². The molecule has 0 unspecified atom stereocenters. The number of carbonyl (C=O) groups is 1. The lowest BCUT2D eigenvalue weighted by molar-refractivity contribution is 0.102. The molecule has 3 aromatic heterocycles. The van der Waals surface area contributed by atoms with E-state index in [1.54, 1.807) is 31.4 Å². The van der Waals surface area contributed by atoms with Crippen LogP contribution in [-0.2, 0) is 0 Å². The van der Waals surface area contributed by atoms with Gasteiger partial charge in [0.15, 0.2) is 5.76 Å². The molecule has 0 radical (unpaired) electrons. The number of fused-ring (bicyclic) bond motifs is 1. The van der Waals surface area contributed by atoms with E-state index in [4.69, 9.17) is 8.94 Å². The number of nitrogens with one attached hydrogen (secondary N) is 1. The van der Waals surface area contributed by atoms with E-state index in [2.05, 4.69) is 31.4 Å². The molecule has 7 heteroatoms. The second kappa shape index (κ2) is 6.18. The zero-order chi connectivity index (χ0) is 17.4. The van der Waals surface area contributed by atoms with Crippen LogP contribution in [0.5, 0.6) is 0 Å². The van der Waals surface area contributed by atoms with Crippen molar-refractivity contribution in [3.8, 4) is 11.5 Å². The van der Waals surface area contributed by atoms with Crippen molar-refractivity contribution in [1.82, 2.24) is 10.1 Å². The first kappa shape index (κ1) is 15.6. The fraction of sp³-hybridized carbons (Fsp3) is 0.0556. The molecule has 0 saturated carbocycles. The summed E-state index contributed by atoms with van der Waals surface area (Å²) < 4.78 is 11.6. The summed E-state index contributed by atoms with van der Waals surface area (Å²) in [6.45, 7) is 1.77. The van der Waals surface area contributed by atoms with Crippen molar-refractivity contribution in [1.29, 1.82) is 0 Å². The van der Waals surface area contributed by atoms with Gasteiger partial charge in [-0.3, -0.25) is 4.79 Å². The number of amides is 1. The summed E-state index contributed by atoms with van der Waals surface area (Å²) in [7, 11) is 0. The minimum atomic E-state index is -0.270. The maximum Gasteiger partial charge on any atom is 0.259 e. The summed E-state index contributed by atoms with van der Waals surface area (Å²) in [6, 6.07) is 12.6. The summed E-state index contributed by atoms with van der Waals surface area (Å²) in [4.78, 5) is 17.2. The van der Waals surface area contributed by atoms with Gasteiger partial charge in [0.05, 0.1) is 22.9 Å². The molecule has 0 aliphatic heterocycles. The van der Waals surface area contributed by atoms with Crippen molar-refractivity contribution in [3.63, 3.8) is 0 Å². The van der Waals surface area contributed by atoms with Crippen molar-refractivity contribution in [3.05, 3.63) is 64.5 Å². The lowest BCUT2D eigenvalue weighted by atomic mass is 10.1. The average Bonchev–Trinajstić information content (AvgIpc) is 3.26. The van der Waals surface area contributed by atoms with E-state index in [0.29, 0.717) is 39.5 Å². The second-order valence-corrected chi connectivity index (χ2v) is 6.36. The lowest BCUT2D eigenvalue weighted by Crippen LogP contribution is -2.13. The summed E-state index contributed by atoms with van der Waals surface area (Å²) in [5.74, 6) is 0.280. The molecule has 1 N–H and O–H groups in total. The van der Waals surface area contributed by atoms with Gasteiger partial charge in [-0.1, -0.05) is 21.1 Å². The summed E-state index contributed by atoms with van der Waals surface area (Å²) in [6.07, 6.45) is 1.55. The Kier molecular flexibility index (Phi) is 3.85. The third-order valence-corrected chi connectivity index (χ3v) is 4.27. The van der Waals surface area contributed by atoms with E-state index in [-0.39, 0.29) is 5.91 Å². The van der Waals surface area contributed by atoms with Crippen molar-refractivity contribution in [2.45, 2.75) is 6.92 Å². The normalized spacial score (nSPS) is 11.0. The van der Waals surface area contributed by atoms with E-state index >= 15 is 0 Å². The van der Waals surface area contributed by atoms with Crippen LogP contribution in [-0.4, -0.2) is 16.0 Å². The van der Waals surface area contributed by atoms with E-state index in [1.165, 1.54) is 0 Å². The fourth-order valence-corrected chi connectivity index (χ4v) is 2.82. The van der Waals surface area contributed by atoms with Gasteiger partial charge in [-0.2, -0.15) is 0 Å². The van der Waals surface area contributed by atoms with Crippen LogP contribution in [0.3, 0.4) is 0 Å². The Morgan fingerprint density at radius 3 is 2.72 bits per heavy atom. The molecule has 0 bridgehead atoms. The summed E-state index contributed by atoms with van der Waals surface area (Å²) in [5.41, 5.74) is 2.53. The number of aryl methyl sites for hydroxylation is 1. The minimum absolute atomic E-state index is 0.270. The smallest absolute Gasteiger partial charge is 0.259 e. The number of anilines is 1. The number of carbonyl (C=O) groups excluding carboxylic acids is 1. The molecule has 6 nitrogen and oxygen atoms in total. The minimum Gasteiger partial charge on any atom is -0.463 e. The SMILES string of the molecule is Cc1noc2nc(-c3ccco3)cc(C(=O)Nc3ccc(Br)cc3)c12. The number of pyridine rings is 1. The number of nitrogens with zero attached hydrogens (tertiary/aromatic N) is 2. The monoisotopic (exact) mass is 397 g/mol. The first-order valence-electron chi connectivity index (χ1n) is 7.49. The number of hydrogen-bond donors (Lipinski definition) is 1. The Labute approximate surface area is 151 Å². The van der Waals surface area contributed by atoms with Gasteiger partial charge in [-0.15, -0.1) is 0 Å². The quantitative estimate of drug-likeness (QED) is 0.536. The Morgan fingerprint density at radius 2 is 2.00 bits per heavy atom. The molecule has 0 atom stereocenters. The third kappa shape index (κ3) is 2.94. The third-order valence-electron chi connectivity index (χ3n) is 3.74. The number of aromatic nitrogens is 2. The van der Waals surface area contributed by atoms with Gasteiger partial charge in [0.1, 0.15) is 5.69 Å². The van der Waals surface area contributed by atoms with Crippen LogP contribution in [0, 0.1) is 6.92 Å². The van der Waals surface area contributed by atoms with Crippen molar-refractivity contribution < 1.29 is 13.7 Å². The molecule has 1 amide bonds. The molecule has 4 aromatic rings. The molecule has 3 heterocycles. The van der Waals surface area contributed by atoms with Crippen LogP contribution in [0.2, 0.25) is 0 Å². The molecule has 0 aliphatic rings. The molecule has 4 rings (SSSR count). The molecule has 124 valence electrons. The Morgan fingerprint density at radius 1 is 1.20 bits per heavy atom. The van der Waals surface area contributed by atoms with Crippen LogP contribution >= 0.6 is 15.9 Å². The molecule has 0 aliphatic carbocycles. The Hall–Kier alpha value is -2.93. The van der Waals surface area contributed by atoms with Gasteiger partial charge < -0.3 is 14.3 Å². The van der Waals surface area contributed by atoms with Crippen molar-refractivity contribution in [2.24, 2.45) is 0 Å². The van der Waals surface area contributed by atoms with E-state index in [0.717, 1.165) is 4.47 Å². The van der Waals surface area contributed by atoms with Crippen molar-refractivity contribution >= 4 is 38.6 Å². The van der Waals surface area contributed by atoms with Crippen LogP contribution < -0.4 is 5.32 Å². The maximum absolute atomic E-state index is 12.8. The first-order valence-corrected chi connectivity index (χ1v) is 8.29. The highest BCUT2D eigenvalue weighted by molar-refractivity contribution is 9.10. The molecule has 0 saturated heterocycles. The molecule has 25 heavy (non-hydrogen) atoms. The predicted molar refractivity (Wildman–Crippen MR) is 96.3 cm³/mol. The summed E-state index contributed by atoms with van der Waals surface area (Å²) in [5, 5.41) is 7.39. The van der Waals surface area contributed by atoms with Gasteiger partial charge in [0.2, 0.25) is 0 Å². The number of halogens is 1. The molecule has 0 fully saturated rings. The topological polar surface area (TPSA) is 81.2 Å². The van der Waals surface area contributed by atoms with E-state index in [9.17, 15) is 4.79 Å². The maximum atomic E-state index is 12.8.